The summed E-state index contributed by atoms with van der Waals surface area (Å²) in [4.78, 5) is 11.3. The smallest absolute Gasteiger partial charge is 0.337 e. The lowest BCUT2D eigenvalue weighted by Gasteiger charge is -2.07. The lowest BCUT2D eigenvalue weighted by Crippen LogP contribution is -2.00. The van der Waals surface area contributed by atoms with E-state index in [0.29, 0.717) is 5.56 Å². The Hall–Kier alpha value is -2.35. The number of hydrogen-bond acceptors (Lipinski definition) is 2. The van der Waals surface area contributed by atoms with Crippen molar-refractivity contribution in [3.05, 3.63) is 77.9 Å². The number of ether oxygens (including phenoxy) is 1. The van der Waals surface area contributed by atoms with Crippen LogP contribution in [0.1, 0.15) is 21.5 Å². The SMILES string of the molecule is C=C(c1ccccc1)c1ccc(C(=O)OC)cc1. The van der Waals surface area contributed by atoms with Gasteiger partial charge in [0.15, 0.2) is 0 Å². The molecule has 18 heavy (non-hydrogen) atoms. The van der Waals surface area contributed by atoms with Gasteiger partial charge in [0.1, 0.15) is 0 Å². The predicted octanol–water partition coefficient (Wildman–Crippen LogP) is 3.53. The highest BCUT2D eigenvalue weighted by Crippen LogP contribution is 2.21. The first kappa shape index (κ1) is 12.1. The van der Waals surface area contributed by atoms with Crippen LogP contribution in [0.2, 0.25) is 0 Å². The molecule has 0 N–H and O–H groups in total. The van der Waals surface area contributed by atoms with Gasteiger partial charge in [0, 0.05) is 0 Å². The number of methoxy groups -OCH3 is 1. The van der Waals surface area contributed by atoms with Gasteiger partial charge in [-0.05, 0) is 28.8 Å². The third kappa shape index (κ3) is 2.48. The molecule has 2 rings (SSSR count). The lowest BCUT2D eigenvalue weighted by molar-refractivity contribution is 0.0601. The summed E-state index contributed by atoms with van der Waals surface area (Å²) in [6.07, 6.45) is 0. The standard InChI is InChI=1S/C16H14O2/c1-12(13-6-4-3-5-7-13)14-8-10-15(11-9-14)16(17)18-2/h3-11H,1H2,2H3. The summed E-state index contributed by atoms with van der Waals surface area (Å²) < 4.78 is 4.66. The van der Waals surface area contributed by atoms with E-state index in [-0.39, 0.29) is 5.97 Å². The fourth-order valence-electron chi connectivity index (χ4n) is 1.73. The van der Waals surface area contributed by atoms with Gasteiger partial charge in [0.05, 0.1) is 12.7 Å². The van der Waals surface area contributed by atoms with E-state index in [4.69, 9.17) is 0 Å². The normalized spacial score (nSPS) is 9.83. The van der Waals surface area contributed by atoms with Gasteiger partial charge in [-0.1, -0.05) is 49.0 Å². The van der Waals surface area contributed by atoms with Crippen LogP contribution in [0, 0.1) is 0 Å². The Morgan fingerprint density at radius 2 is 1.39 bits per heavy atom. The molecule has 0 unspecified atom stereocenters. The van der Waals surface area contributed by atoms with Gasteiger partial charge in [0.2, 0.25) is 0 Å². The van der Waals surface area contributed by atoms with Gasteiger partial charge >= 0.3 is 5.97 Å². The van der Waals surface area contributed by atoms with E-state index in [1.165, 1.54) is 7.11 Å². The van der Waals surface area contributed by atoms with E-state index in [1.807, 2.05) is 42.5 Å². The Morgan fingerprint density at radius 3 is 1.94 bits per heavy atom. The number of rotatable bonds is 3. The van der Waals surface area contributed by atoms with Crippen molar-refractivity contribution in [3.8, 4) is 0 Å². The Kier molecular flexibility index (Phi) is 3.58. The van der Waals surface area contributed by atoms with Crippen molar-refractivity contribution in [1.82, 2.24) is 0 Å². The molecule has 0 radical (unpaired) electrons. The molecule has 2 aromatic carbocycles. The number of benzene rings is 2. The maximum Gasteiger partial charge on any atom is 0.337 e. The van der Waals surface area contributed by atoms with Gasteiger partial charge in [-0.2, -0.15) is 0 Å². The van der Waals surface area contributed by atoms with Crippen molar-refractivity contribution in [2.24, 2.45) is 0 Å². The summed E-state index contributed by atoms with van der Waals surface area (Å²) in [5.41, 5.74) is 3.55. The van der Waals surface area contributed by atoms with Crippen molar-refractivity contribution in [3.63, 3.8) is 0 Å². The zero-order valence-electron chi connectivity index (χ0n) is 10.2. The minimum absolute atomic E-state index is 0.327. The van der Waals surface area contributed by atoms with E-state index < -0.39 is 0 Å². The first-order chi connectivity index (χ1) is 8.72. The van der Waals surface area contributed by atoms with Gasteiger partial charge in [-0.15, -0.1) is 0 Å². The van der Waals surface area contributed by atoms with E-state index in [0.717, 1.165) is 16.7 Å². The molecule has 0 heterocycles. The summed E-state index contributed by atoms with van der Waals surface area (Å²) in [6.45, 7) is 4.07. The summed E-state index contributed by atoms with van der Waals surface area (Å²) in [5.74, 6) is -0.327. The van der Waals surface area contributed by atoms with Crippen LogP contribution in [0.4, 0.5) is 0 Å². The van der Waals surface area contributed by atoms with Crippen molar-refractivity contribution < 1.29 is 9.53 Å². The topological polar surface area (TPSA) is 26.3 Å². The quantitative estimate of drug-likeness (QED) is 0.764. The molecule has 0 spiro atoms. The van der Waals surface area contributed by atoms with Crippen molar-refractivity contribution >= 4 is 11.5 Å². The minimum Gasteiger partial charge on any atom is -0.465 e. The largest absolute Gasteiger partial charge is 0.465 e. The van der Waals surface area contributed by atoms with E-state index in [1.54, 1.807) is 12.1 Å². The van der Waals surface area contributed by atoms with Crippen LogP contribution in [0.5, 0.6) is 0 Å². The molecule has 0 aliphatic heterocycles. The maximum atomic E-state index is 11.3. The molecule has 0 atom stereocenters. The second-order valence-electron chi connectivity index (χ2n) is 3.91. The lowest BCUT2D eigenvalue weighted by atomic mass is 9.99. The fraction of sp³-hybridized carbons (Fsp3) is 0.0625. The highest BCUT2D eigenvalue weighted by Gasteiger charge is 2.06. The van der Waals surface area contributed by atoms with Crippen LogP contribution in [-0.4, -0.2) is 13.1 Å². The summed E-state index contributed by atoms with van der Waals surface area (Å²) >= 11 is 0. The fourth-order valence-corrected chi connectivity index (χ4v) is 1.73. The summed E-state index contributed by atoms with van der Waals surface area (Å²) in [5, 5.41) is 0. The van der Waals surface area contributed by atoms with Crippen LogP contribution in [0.3, 0.4) is 0 Å². The Morgan fingerprint density at radius 1 is 0.889 bits per heavy atom. The first-order valence-corrected chi connectivity index (χ1v) is 5.65. The Bertz CT molecular complexity index is 553. The first-order valence-electron chi connectivity index (χ1n) is 5.65. The molecule has 0 aliphatic carbocycles. The third-order valence-electron chi connectivity index (χ3n) is 2.78. The molecule has 2 aromatic rings. The average molecular weight is 238 g/mol. The second kappa shape index (κ2) is 5.32. The third-order valence-corrected chi connectivity index (χ3v) is 2.78. The van der Waals surface area contributed by atoms with Crippen LogP contribution in [0.15, 0.2) is 61.2 Å². The van der Waals surface area contributed by atoms with E-state index in [9.17, 15) is 4.79 Å². The Balaban J connectivity index is 2.25. The van der Waals surface area contributed by atoms with Crippen molar-refractivity contribution in [1.29, 1.82) is 0 Å². The highest BCUT2D eigenvalue weighted by atomic mass is 16.5. The molecule has 0 saturated carbocycles. The van der Waals surface area contributed by atoms with Gasteiger partial charge < -0.3 is 4.74 Å². The minimum atomic E-state index is -0.327. The van der Waals surface area contributed by atoms with Crippen LogP contribution in [-0.2, 0) is 4.74 Å². The second-order valence-corrected chi connectivity index (χ2v) is 3.91. The number of carbonyl (C=O) groups is 1. The van der Waals surface area contributed by atoms with Gasteiger partial charge in [-0.3, -0.25) is 0 Å². The van der Waals surface area contributed by atoms with Crippen LogP contribution < -0.4 is 0 Å². The zero-order chi connectivity index (χ0) is 13.0. The molecule has 0 aromatic heterocycles. The zero-order valence-corrected chi connectivity index (χ0v) is 10.2. The molecule has 0 saturated heterocycles. The summed E-state index contributed by atoms with van der Waals surface area (Å²) in [6, 6.07) is 17.2. The van der Waals surface area contributed by atoms with E-state index in [2.05, 4.69) is 11.3 Å². The molecule has 0 fully saturated rings. The number of hydrogen-bond donors (Lipinski definition) is 0. The van der Waals surface area contributed by atoms with Crippen molar-refractivity contribution in [2.75, 3.05) is 7.11 Å². The average Bonchev–Trinajstić information content (AvgIpc) is 2.47. The summed E-state index contributed by atoms with van der Waals surface area (Å²) in [7, 11) is 1.37. The van der Waals surface area contributed by atoms with E-state index >= 15 is 0 Å². The molecule has 90 valence electrons. The molecule has 2 nitrogen and oxygen atoms in total. The molecule has 2 heteroatoms. The molecule has 0 bridgehead atoms. The molecular weight excluding hydrogens is 224 g/mol. The van der Waals surface area contributed by atoms with Crippen LogP contribution in [0.25, 0.3) is 5.57 Å². The van der Waals surface area contributed by atoms with Crippen molar-refractivity contribution in [2.45, 2.75) is 0 Å². The molecule has 0 amide bonds. The predicted molar refractivity (Wildman–Crippen MR) is 72.4 cm³/mol. The number of carbonyl (C=O) groups excluding carboxylic acids is 1. The van der Waals surface area contributed by atoms with Gasteiger partial charge in [-0.25, -0.2) is 4.79 Å². The Labute approximate surface area is 107 Å². The maximum absolute atomic E-state index is 11.3. The van der Waals surface area contributed by atoms with Gasteiger partial charge in [0.25, 0.3) is 0 Å². The van der Waals surface area contributed by atoms with Crippen LogP contribution >= 0.6 is 0 Å². The molecule has 0 aliphatic rings. The highest BCUT2D eigenvalue weighted by molar-refractivity contribution is 5.90. The molecular formula is C16H14O2. The number of esters is 1. The monoisotopic (exact) mass is 238 g/mol.